The van der Waals surface area contributed by atoms with Crippen LogP contribution in [-0.2, 0) is 0 Å². The maximum atomic E-state index is 3.56. The molecule has 0 amide bonds. The van der Waals surface area contributed by atoms with Crippen molar-refractivity contribution >= 4 is 0 Å². The van der Waals surface area contributed by atoms with Crippen molar-refractivity contribution in [2.75, 3.05) is 19.6 Å². The third kappa shape index (κ3) is 6.75. The highest BCUT2D eigenvalue weighted by Crippen LogP contribution is 2.22. The average molecular weight is 254 g/mol. The molecule has 1 rings (SSSR count). The van der Waals surface area contributed by atoms with E-state index in [9.17, 15) is 0 Å². The average Bonchev–Trinajstić information content (AvgIpc) is 2.24. The van der Waals surface area contributed by atoms with Crippen molar-refractivity contribution < 1.29 is 0 Å². The fourth-order valence-corrected chi connectivity index (χ4v) is 2.87. The highest BCUT2D eigenvalue weighted by molar-refractivity contribution is 4.76. The lowest BCUT2D eigenvalue weighted by atomic mass is 9.93. The SMILES string of the molecule is CC1CCN(CCCCCNC(C)(C)C)C(C)C1. The molecule has 0 bridgehead atoms. The van der Waals surface area contributed by atoms with Crippen LogP contribution in [0.5, 0.6) is 0 Å². The van der Waals surface area contributed by atoms with Gasteiger partial charge in [-0.25, -0.2) is 0 Å². The van der Waals surface area contributed by atoms with E-state index in [4.69, 9.17) is 0 Å². The number of rotatable bonds is 6. The van der Waals surface area contributed by atoms with Gasteiger partial charge in [-0.2, -0.15) is 0 Å². The minimum absolute atomic E-state index is 0.275. The number of hydrogen-bond donors (Lipinski definition) is 1. The van der Waals surface area contributed by atoms with Crippen LogP contribution in [0.4, 0.5) is 0 Å². The summed E-state index contributed by atoms with van der Waals surface area (Å²) in [5.41, 5.74) is 0.275. The van der Waals surface area contributed by atoms with Crippen LogP contribution >= 0.6 is 0 Å². The monoisotopic (exact) mass is 254 g/mol. The summed E-state index contributed by atoms with van der Waals surface area (Å²) in [5.74, 6) is 0.937. The van der Waals surface area contributed by atoms with E-state index in [-0.39, 0.29) is 5.54 Å². The third-order valence-electron chi connectivity index (χ3n) is 4.05. The van der Waals surface area contributed by atoms with Gasteiger partial charge in [0.05, 0.1) is 0 Å². The van der Waals surface area contributed by atoms with Crippen molar-refractivity contribution in [2.45, 2.75) is 78.3 Å². The Kier molecular flexibility index (Phi) is 6.65. The molecule has 2 atom stereocenters. The Bertz CT molecular complexity index is 220. The van der Waals surface area contributed by atoms with Crippen molar-refractivity contribution in [3.8, 4) is 0 Å². The summed E-state index contributed by atoms with van der Waals surface area (Å²) in [6.07, 6.45) is 6.84. The molecule has 2 heteroatoms. The van der Waals surface area contributed by atoms with E-state index in [1.807, 2.05) is 0 Å². The Hall–Kier alpha value is -0.0800. The van der Waals surface area contributed by atoms with Crippen LogP contribution in [0.25, 0.3) is 0 Å². The van der Waals surface area contributed by atoms with Gasteiger partial charge >= 0.3 is 0 Å². The van der Waals surface area contributed by atoms with Crippen LogP contribution in [0.2, 0.25) is 0 Å². The smallest absolute Gasteiger partial charge is 0.00965 e. The largest absolute Gasteiger partial charge is 0.312 e. The third-order valence-corrected chi connectivity index (χ3v) is 4.05. The molecule has 0 aromatic carbocycles. The summed E-state index contributed by atoms with van der Waals surface area (Å²) in [7, 11) is 0. The minimum Gasteiger partial charge on any atom is -0.312 e. The number of hydrogen-bond acceptors (Lipinski definition) is 2. The first-order valence-electron chi connectivity index (χ1n) is 7.87. The van der Waals surface area contributed by atoms with Crippen LogP contribution < -0.4 is 5.32 Å². The first-order chi connectivity index (χ1) is 8.38. The molecule has 1 N–H and O–H groups in total. The van der Waals surface area contributed by atoms with Gasteiger partial charge in [-0.15, -0.1) is 0 Å². The molecule has 1 fully saturated rings. The Morgan fingerprint density at radius 3 is 2.44 bits per heavy atom. The maximum absolute atomic E-state index is 3.56. The van der Waals surface area contributed by atoms with Gasteiger partial charge in [0.25, 0.3) is 0 Å². The number of nitrogens with zero attached hydrogens (tertiary/aromatic N) is 1. The summed E-state index contributed by atoms with van der Waals surface area (Å²) in [6, 6.07) is 0.807. The van der Waals surface area contributed by atoms with E-state index in [1.165, 1.54) is 45.2 Å². The zero-order valence-corrected chi connectivity index (χ0v) is 13.3. The Labute approximate surface area is 115 Å². The van der Waals surface area contributed by atoms with Crippen molar-refractivity contribution in [1.82, 2.24) is 10.2 Å². The zero-order chi connectivity index (χ0) is 13.6. The van der Waals surface area contributed by atoms with Crippen LogP contribution in [0.15, 0.2) is 0 Å². The van der Waals surface area contributed by atoms with E-state index in [1.54, 1.807) is 0 Å². The van der Waals surface area contributed by atoms with Crippen molar-refractivity contribution in [2.24, 2.45) is 5.92 Å². The predicted octanol–water partition coefficient (Wildman–Crippen LogP) is 3.67. The van der Waals surface area contributed by atoms with Gasteiger partial charge in [0.1, 0.15) is 0 Å². The summed E-state index contributed by atoms with van der Waals surface area (Å²) in [6.45, 7) is 15.3. The molecule has 0 radical (unpaired) electrons. The summed E-state index contributed by atoms with van der Waals surface area (Å²) in [4.78, 5) is 2.69. The molecule has 1 heterocycles. The second-order valence-electron chi connectivity index (χ2n) is 7.25. The van der Waals surface area contributed by atoms with E-state index in [2.05, 4.69) is 44.8 Å². The molecule has 1 saturated heterocycles. The molecule has 0 aliphatic carbocycles. The quantitative estimate of drug-likeness (QED) is 0.728. The van der Waals surface area contributed by atoms with E-state index < -0.39 is 0 Å². The van der Waals surface area contributed by atoms with Gasteiger partial charge in [-0.1, -0.05) is 13.3 Å². The Morgan fingerprint density at radius 1 is 1.11 bits per heavy atom. The fraction of sp³-hybridized carbons (Fsp3) is 1.00. The lowest BCUT2D eigenvalue weighted by Gasteiger charge is -2.36. The number of unbranched alkanes of at least 4 members (excludes halogenated alkanes) is 2. The van der Waals surface area contributed by atoms with Crippen molar-refractivity contribution in [3.63, 3.8) is 0 Å². The van der Waals surface area contributed by atoms with Crippen LogP contribution in [-0.4, -0.2) is 36.1 Å². The molecule has 0 saturated carbocycles. The highest BCUT2D eigenvalue weighted by Gasteiger charge is 2.21. The molecular formula is C16H34N2. The second kappa shape index (κ2) is 7.49. The molecule has 1 aliphatic heterocycles. The topological polar surface area (TPSA) is 15.3 Å². The first kappa shape index (κ1) is 16.0. The number of likely N-dealkylation sites (tertiary alicyclic amines) is 1. The van der Waals surface area contributed by atoms with E-state index in [0.717, 1.165) is 18.5 Å². The van der Waals surface area contributed by atoms with Crippen molar-refractivity contribution in [1.29, 1.82) is 0 Å². The van der Waals surface area contributed by atoms with Crippen LogP contribution in [0.1, 0.15) is 66.7 Å². The van der Waals surface area contributed by atoms with Gasteiger partial charge in [-0.3, -0.25) is 0 Å². The normalized spacial score (nSPS) is 26.5. The van der Waals surface area contributed by atoms with Gasteiger partial charge in [0.2, 0.25) is 0 Å². The molecule has 0 spiro atoms. The Balaban J connectivity index is 2.01. The molecule has 2 unspecified atom stereocenters. The van der Waals surface area contributed by atoms with Crippen LogP contribution in [0, 0.1) is 5.92 Å². The van der Waals surface area contributed by atoms with E-state index in [0.29, 0.717) is 0 Å². The van der Waals surface area contributed by atoms with Gasteiger partial charge in [-0.05, 0) is 78.9 Å². The molecular weight excluding hydrogens is 220 g/mol. The summed E-state index contributed by atoms with van der Waals surface area (Å²) in [5, 5.41) is 3.56. The predicted molar refractivity (Wildman–Crippen MR) is 81.0 cm³/mol. The zero-order valence-electron chi connectivity index (χ0n) is 13.3. The first-order valence-corrected chi connectivity index (χ1v) is 7.87. The highest BCUT2D eigenvalue weighted by atomic mass is 15.2. The molecule has 0 aromatic rings. The fourth-order valence-electron chi connectivity index (χ4n) is 2.87. The second-order valence-corrected chi connectivity index (χ2v) is 7.25. The summed E-state index contributed by atoms with van der Waals surface area (Å²) < 4.78 is 0. The standard InChI is InChI=1S/C16H34N2/c1-14-9-12-18(15(2)13-14)11-8-6-7-10-17-16(3,4)5/h14-15,17H,6-13H2,1-5H3. The van der Waals surface area contributed by atoms with Gasteiger partial charge in [0.15, 0.2) is 0 Å². The van der Waals surface area contributed by atoms with Crippen LogP contribution in [0.3, 0.4) is 0 Å². The maximum Gasteiger partial charge on any atom is 0.00965 e. The van der Waals surface area contributed by atoms with Gasteiger partial charge in [0, 0.05) is 11.6 Å². The molecule has 108 valence electrons. The number of nitrogens with one attached hydrogen (secondary N) is 1. The molecule has 1 aliphatic rings. The summed E-state index contributed by atoms with van der Waals surface area (Å²) >= 11 is 0. The van der Waals surface area contributed by atoms with Gasteiger partial charge < -0.3 is 10.2 Å². The number of piperidine rings is 1. The molecule has 0 aromatic heterocycles. The minimum atomic E-state index is 0.275. The molecule has 18 heavy (non-hydrogen) atoms. The van der Waals surface area contributed by atoms with E-state index >= 15 is 0 Å². The molecule has 2 nitrogen and oxygen atoms in total. The van der Waals surface area contributed by atoms with Crippen molar-refractivity contribution in [3.05, 3.63) is 0 Å². The lowest BCUT2D eigenvalue weighted by molar-refractivity contribution is 0.127. The Morgan fingerprint density at radius 2 is 1.83 bits per heavy atom. The lowest BCUT2D eigenvalue weighted by Crippen LogP contribution is -2.40.